The van der Waals surface area contributed by atoms with Crippen LogP contribution in [0.25, 0.3) is 11.1 Å². The van der Waals surface area contributed by atoms with Gasteiger partial charge in [-0.1, -0.05) is 11.6 Å². The molecule has 0 radical (unpaired) electrons. The third kappa shape index (κ3) is 2.25. The van der Waals surface area contributed by atoms with Crippen molar-refractivity contribution in [1.29, 1.82) is 0 Å². The summed E-state index contributed by atoms with van der Waals surface area (Å²) < 4.78 is 10.5. The number of methoxy groups -OCH3 is 2. The summed E-state index contributed by atoms with van der Waals surface area (Å²) in [5, 5.41) is 9.95. The fourth-order valence-corrected chi connectivity index (χ4v) is 1.89. The highest BCUT2D eigenvalue weighted by atomic mass is 16.5. The van der Waals surface area contributed by atoms with Gasteiger partial charge in [-0.15, -0.1) is 0 Å². The van der Waals surface area contributed by atoms with Gasteiger partial charge in [0.05, 0.1) is 14.2 Å². The van der Waals surface area contributed by atoms with Crippen LogP contribution < -0.4 is 9.47 Å². The second kappa shape index (κ2) is 5.00. The molecule has 0 saturated heterocycles. The van der Waals surface area contributed by atoms with Gasteiger partial charge in [0.2, 0.25) is 0 Å². The topological polar surface area (TPSA) is 38.7 Å². The number of rotatable bonds is 3. The van der Waals surface area contributed by atoms with Crippen molar-refractivity contribution >= 4 is 0 Å². The third-order valence-electron chi connectivity index (χ3n) is 2.85. The van der Waals surface area contributed by atoms with E-state index in [4.69, 9.17) is 9.47 Å². The van der Waals surface area contributed by atoms with Crippen molar-refractivity contribution in [3.63, 3.8) is 0 Å². The molecule has 0 spiro atoms. The number of hydrogen-bond acceptors (Lipinski definition) is 3. The largest absolute Gasteiger partial charge is 0.507 e. The first-order chi connectivity index (χ1) is 8.65. The predicted molar refractivity (Wildman–Crippen MR) is 71.4 cm³/mol. The van der Waals surface area contributed by atoms with Gasteiger partial charge in [0.1, 0.15) is 17.2 Å². The van der Waals surface area contributed by atoms with Crippen LogP contribution in [0.2, 0.25) is 0 Å². The van der Waals surface area contributed by atoms with Gasteiger partial charge in [-0.05, 0) is 31.2 Å². The van der Waals surface area contributed by atoms with Crippen molar-refractivity contribution in [1.82, 2.24) is 0 Å². The molecular formula is C15H16O3. The Morgan fingerprint density at radius 3 is 2.33 bits per heavy atom. The van der Waals surface area contributed by atoms with E-state index in [1.807, 2.05) is 31.2 Å². The van der Waals surface area contributed by atoms with Crippen molar-refractivity contribution in [2.45, 2.75) is 6.92 Å². The van der Waals surface area contributed by atoms with E-state index in [0.717, 1.165) is 22.4 Å². The minimum Gasteiger partial charge on any atom is -0.507 e. The summed E-state index contributed by atoms with van der Waals surface area (Å²) >= 11 is 0. The van der Waals surface area contributed by atoms with E-state index in [0.29, 0.717) is 5.75 Å². The van der Waals surface area contributed by atoms with Gasteiger partial charge < -0.3 is 14.6 Å². The van der Waals surface area contributed by atoms with Crippen LogP contribution in [-0.4, -0.2) is 19.3 Å². The Labute approximate surface area is 107 Å². The zero-order valence-corrected chi connectivity index (χ0v) is 10.7. The number of phenols is 1. The van der Waals surface area contributed by atoms with Crippen molar-refractivity contribution in [3.05, 3.63) is 42.0 Å². The van der Waals surface area contributed by atoms with Crippen LogP contribution >= 0.6 is 0 Å². The summed E-state index contributed by atoms with van der Waals surface area (Å²) in [5.74, 6) is 1.64. The van der Waals surface area contributed by atoms with E-state index in [1.54, 1.807) is 26.4 Å². The monoisotopic (exact) mass is 244 g/mol. The summed E-state index contributed by atoms with van der Waals surface area (Å²) in [5.41, 5.74) is 2.69. The molecule has 18 heavy (non-hydrogen) atoms. The zero-order chi connectivity index (χ0) is 13.1. The van der Waals surface area contributed by atoms with E-state index < -0.39 is 0 Å². The molecule has 0 heterocycles. The van der Waals surface area contributed by atoms with Crippen LogP contribution in [-0.2, 0) is 0 Å². The molecule has 0 aliphatic carbocycles. The van der Waals surface area contributed by atoms with Crippen molar-refractivity contribution < 1.29 is 14.6 Å². The van der Waals surface area contributed by atoms with Crippen LogP contribution in [0.3, 0.4) is 0 Å². The molecule has 0 aliphatic heterocycles. The minimum atomic E-state index is 0.240. The highest BCUT2D eigenvalue weighted by molar-refractivity contribution is 5.76. The lowest BCUT2D eigenvalue weighted by Gasteiger charge is -2.12. The molecule has 2 rings (SSSR count). The van der Waals surface area contributed by atoms with E-state index >= 15 is 0 Å². The highest BCUT2D eigenvalue weighted by Crippen LogP contribution is 2.38. The fourth-order valence-electron chi connectivity index (χ4n) is 1.89. The van der Waals surface area contributed by atoms with Gasteiger partial charge in [-0.3, -0.25) is 0 Å². The lowest BCUT2D eigenvalue weighted by molar-refractivity contribution is 0.395. The van der Waals surface area contributed by atoms with Gasteiger partial charge in [-0.2, -0.15) is 0 Å². The molecule has 0 atom stereocenters. The van der Waals surface area contributed by atoms with Gasteiger partial charge in [0, 0.05) is 17.2 Å². The Morgan fingerprint density at radius 1 is 0.889 bits per heavy atom. The average Bonchev–Trinajstić information content (AvgIpc) is 2.41. The van der Waals surface area contributed by atoms with Gasteiger partial charge >= 0.3 is 0 Å². The maximum atomic E-state index is 9.95. The third-order valence-corrected chi connectivity index (χ3v) is 2.85. The average molecular weight is 244 g/mol. The molecular weight excluding hydrogens is 228 g/mol. The zero-order valence-electron chi connectivity index (χ0n) is 10.7. The minimum absolute atomic E-state index is 0.240. The number of aryl methyl sites for hydroxylation is 1. The molecule has 0 saturated carbocycles. The maximum absolute atomic E-state index is 9.95. The Balaban J connectivity index is 2.59. The molecule has 0 amide bonds. The standard InChI is InChI=1S/C15H16O3/c1-10-4-7-14(16)13(8-10)12-6-5-11(17-2)9-15(12)18-3/h4-9,16H,1-3H3. The number of hydrogen-bond donors (Lipinski definition) is 1. The van der Waals surface area contributed by atoms with Crippen LogP contribution in [0.4, 0.5) is 0 Å². The molecule has 3 nitrogen and oxygen atoms in total. The first-order valence-corrected chi connectivity index (χ1v) is 5.67. The number of aromatic hydroxyl groups is 1. The molecule has 0 fully saturated rings. The predicted octanol–water partition coefficient (Wildman–Crippen LogP) is 3.38. The van der Waals surface area contributed by atoms with Crippen molar-refractivity contribution in [2.75, 3.05) is 14.2 Å². The number of phenolic OH excluding ortho intramolecular Hbond substituents is 1. The van der Waals surface area contributed by atoms with E-state index in [-0.39, 0.29) is 5.75 Å². The smallest absolute Gasteiger partial charge is 0.130 e. The Morgan fingerprint density at radius 2 is 1.67 bits per heavy atom. The van der Waals surface area contributed by atoms with E-state index in [1.165, 1.54) is 0 Å². The van der Waals surface area contributed by atoms with E-state index in [2.05, 4.69) is 0 Å². The first-order valence-electron chi connectivity index (χ1n) is 5.67. The van der Waals surface area contributed by atoms with Crippen LogP contribution in [0.5, 0.6) is 17.2 Å². The number of ether oxygens (including phenoxy) is 2. The normalized spacial score (nSPS) is 10.2. The first kappa shape index (κ1) is 12.3. The molecule has 2 aromatic rings. The quantitative estimate of drug-likeness (QED) is 0.899. The molecule has 94 valence electrons. The van der Waals surface area contributed by atoms with Crippen LogP contribution in [0.1, 0.15) is 5.56 Å². The fraction of sp³-hybridized carbons (Fsp3) is 0.200. The summed E-state index contributed by atoms with van der Waals surface area (Å²) in [6.45, 7) is 1.99. The summed E-state index contributed by atoms with van der Waals surface area (Å²) in [6, 6.07) is 11.0. The van der Waals surface area contributed by atoms with Crippen molar-refractivity contribution in [2.24, 2.45) is 0 Å². The summed E-state index contributed by atoms with van der Waals surface area (Å²) in [4.78, 5) is 0. The molecule has 0 bridgehead atoms. The Bertz CT molecular complexity index is 562. The maximum Gasteiger partial charge on any atom is 0.130 e. The van der Waals surface area contributed by atoms with Gasteiger partial charge in [-0.25, -0.2) is 0 Å². The molecule has 2 aromatic carbocycles. The molecule has 1 N–H and O–H groups in total. The lowest BCUT2D eigenvalue weighted by atomic mass is 10.0. The Kier molecular flexibility index (Phi) is 3.42. The molecule has 0 aliphatic rings. The number of benzene rings is 2. The van der Waals surface area contributed by atoms with Crippen LogP contribution in [0.15, 0.2) is 36.4 Å². The summed E-state index contributed by atoms with van der Waals surface area (Å²) in [6.07, 6.45) is 0. The van der Waals surface area contributed by atoms with Gasteiger partial charge in [0.25, 0.3) is 0 Å². The SMILES string of the molecule is COc1ccc(-c2cc(C)ccc2O)c(OC)c1. The highest BCUT2D eigenvalue weighted by Gasteiger charge is 2.11. The Hall–Kier alpha value is -2.16. The second-order valence-electron chi connectivity index (χ2n) is 4.09. The molecule has 0 aromatic heterocycles. The molecule has 0 unspecified atom stereocenters. The lowest BCUT2D eigenvalue weighted by Crippen LogP contribution is -1.91. The van der Waals surface area contributed by atoms with Crippen molar-refractivity contribution in [3.8, 4) is 28.4 Å². The van der Waals surface area contributed by atoms with E-state index in [9.17, 15) is 5.11 Å². The van der Waals surface area contributed by atoms with Crippen LogP contribution in [0, 0.1) is 6.92 Å². The molecule has 3 heteroatoms. The summed E-state index contributed by atoms with van der Waals surface area (Å²) in [7, 11) is 3.21. The van der Waals surface area contributed by atoms with Gasteiger partial charge in [0.15, 0.2) is 0 Å². The second-order valence-corrected chi connectivity index (χ2v) is 4.09.